The molecule has 0 radical (unpaired) electrons. The molecule has 8 heteroatoms. The van der Waals surface area contributed by atoms with Gasteiger partial charge >= 0.3 is 0 Å². The third-order valence-electron chi connectivity index (χ3n) is 4.72. The highest BCUT2D eigenvalue weighted by Gasteiger charge is 2.30. The summed E-state index contributed by atoms with van der Waals surface area (Å²) in [5.41, 5.74) is 1.83. The quantitative estimate of drug-likeness (QED) is 0.566. The normalized spacial score (nSPS) is 15.6. The molecule has 0 N–H and O–H groups in total. The zero-order valence-corrected chi connectivity index (χ0v) is 17.6. The highest BCUT2D eigenvalue weighted by molar-refractivity contribution is 8.00. The predicted molar refractivity (Wildman–Crippen MR) is 110 cm³/mol. The van der Waals surface area contributed by atoms with Crippen LogP contribution >= 0.6 is 23.1 Å². The molecule has 0 spiro atoms. The monoisotopic (exact) mass is 414 g/mol. The number of benzene rings is 1. The Balaban J connectivity index is 1.59. The van der Waals surface area contributed by atoms with Crippen LogP contribution in [-0.4, -0.2) is 39.1 Å². The van der Waals surface area contributed by atoms with E-state index in [1.54, 1.807) is 0 Å². The van der Waals surface area contributed by atoms with Crippen LogP contribution in [0.2, 0.25) is 0 Å². The van der Waals surface area contributed by atoms with Gasteiger partial charge in [-0.1, -0.05) is 30.3 Å². The zero-order valence-electron chi connectivity index (χ0n) is 15.9. The topological polar surface area (TPSA) is 72.1 Å². The van der Waals surface area contributed by atoms with E-state index in [9.17, 15) is 4.79 Å². The van der Waals surface area contributed by atoms with Crippen molar-refractivity contribution in [2.45, 2.75) is 43.6 Å². The molecule has 4 rings (SSSR count). The number of aromatic nitrogens is 3. The summed E-state index contributed by atoms with van der Waals surface area (Å²) in [6.45, 7) is 5.52. The molecule has 1 unspecified atom stereocenters. The van der Waals surface area contributed by atoms with Crippen molar-refractivity contribution in [3.8, 4) is 10.8 Å². The molecule has 2 aromatic heterocycles. The first-order chi connectivity index (χ1) is 13.6. The van der Waals surface area contributed by atoms with E-state index < -0.39 is 5.25 Å². The largest absolute Gasteiger partial charge is 0.410 e. The first-order valence-electron chi connectivity index (χ1n) is 9.40. The lowest BCUT2D eigenvalue weighted by molar-refractivity contribution is -0.131. The van der Waals surface area contributed by atoms with Crippen molar-refractivity contribution in [3.63, 3.8) is 0 Å². The summed E-state index contributed by atoms with van der Waals surface area (Å²) in [6, 6.07) is 9.82. The molecule has 1 amide bonds. The second kappa shape index (κ2) is 8.45. The van der Waals surface area contributed by atoms with Gasteiger partial charge in [0.1, 0.15) is 10.1 Å². The van der Waals surface area contributed by atoms with Crippen molar-refractivity contribution in [1.82, 2.24) is 20.1 Å². The second-order valence-electron chi connectivity index (χ2n) is 6.82. The lowest BCUT2D eigenvalue weighted by Gasteiger charge is -2.29. The maximum absolute atomic E-state index is 13.2. The summed E-state index contributed by atoms with van der Waals surface area (Å²) < 4.78 is 5.89. The number of likely N-dealkylation sites (tertiary alicyclic amines) is 1. The smallest absolute Gasteiger partial charge is 0.278 e. The molecule has 1 aromatic carbocycles. The molecule has 1 fully saturated rings. The summed E-state index contributed by atoms with van der Waals surface area (Å²) in [5.74, 6) is 0.572. The highest BCUT2D eigenvalue weighted by atomic mass is 32.2. The number of hydrogen-bond donors (Lipinski definition) is 0. The van der Waals surface area contributed by atoms with Crippen molar-refractivity contribution in [1.29, 1.82) is 0 Å². The van der Waals surface area contributed by atoms with Crippen LogP contribution in [0.5, 0.6) is 0 Å². The van der Waals surface area contributed by atoms with E-state index in [0.717, 1.165) is 47.1 Å². The van der Waals surface area contributed by atoms with E-state index in [4.69, 9.17) is 4.42 Å². The van der Waals surface area contributed by atoms with Gasteiger partial charge in [0.05, 0.1) is 10.7 Å². The number of thiazole rings is 1. The van der Waals surface area contributed by atoms with Gasteiger partial charge in [-0.25, -0.2) is 4.98 Å². The Labute approximate surface area is 172 Å². The van der Waals surface area contributed by atoms with E-state index in [-0.39, 0.29) is 5.91 Å². The van der Waals surface area contributed by atoms with Gasteiger partial charge in [-0.15, -0.1) is 21.5 Å². The van der Waals surface area contributed by atoms with Crippen LogP contribution in [0.1, 0.15) is 40.8 Å². The van der Waals surface area contributed by atoms with E-state index in [0.29, 0.717) is 11.1 Å². The fraction of sp³-hybridized carbons (Fsp3) is 0.400. The standard InChI is InChI=1S/C20H22N4O2S2/c1-13-16(27-14(2)21-13)18-22-23-20(26-18)28-17(15-9-5-3-6-10-15)19(25)24-11-7-4-8-12-24/h3,5-6,9-10,17H,4,7-8,11-12H2,1-2H3. The van der Waals surface area contributed by atoms with Crippen LogP contribution in [0.3, 0.4) is 0 Å². The van der Waals surface area contributed by atoms with Crippen molar-refractivity contribution < 1.29 is 9.21 Å². The molecule has 3 heterocycles. The van der Waals surface area contributed by atoms with E-state index in [1.165, 1.54) is 29.5 Å². The molecule has 6 nitrogen and oxygen atoms in total. The number of aryl methyl sites for hydroxylation is 2. The number of nitrogens with zero attached hydrogens (tertiary/aromatic N) is 4. The van der Waals surface area contributed by atoms with Gasteiger partial charge in [-0.05, 0) is 50.4 Å². The van der Waals surface area contributed by atoms with Gasteiger partial charge in [-0.3, -0.25) is 4.79 Å². The first-order valence-corrected chi connectivity index (χ1v) is 11.1. The van der Waals surface area contributed by atoms with Gasteiger partial charge in [0.25, 0.3) is 11.1 Å². The average Bonchev–Trinajstić information content (AvgIpc) is 3.32. The van der Waals surface area contributed by atoms with Crippen LogP contribution in [-0.2, 0) is 4.79 Å². The van der Waals surface area contributed by atoms with Gasteiger partial charge < -0.3 is 9.32 Å². The third-order valence-corrected chi connectivity index (χ3v) is 6.85. The Morgan fingerprint density at radius 1 is 1.14 bits per heavy atom. The van der Waals surface area contributed by atoms with Crippen molar-refractivity contribution >= 4 is 29.0 Å². The van der Waals surface area contributed by atoms with Crippen LogP contribution < -0.4 is 0 Å². The van der Waals surface area contributed by atoms with Gasteiger partial charge in [0, 0.05) is 13.1 Å². The minimum absolute atomic E-state index is 0.112. The van der Waals surface area contributed by atoms with Crippen LogP contribution in [0.4, 0.5) is 0 Å². The Bertz CT molecular complexity index is 948. The fourth-order valence-corrected chi connectivity index (χ4v) is 5.15. The summed E-state index contributed by atoms with van der Waals surface area (Å²) in [5, 5.41) is 9.35. The Morgan fingerprint density at radius 3 is 2.57 bits per heavy atom. The Hall–Kier alpha value is -2.19. The van der Waals surface area contributed by atoms with Crippen LogP contribution in [0.25, 0.3) is 10.8 Å². The molecule has 3 aromatic rings. The Morgan fingerprint density at radius 2 is 1.89 bits per heavy atom. The SMILES string of the molecule is Cc1nc(C)c(-c2nnc(SC(C(=O)N3CCCCC3)c3ccccc3)o2)s1. The zero-order chi connectivity index (χ0) is 19.5. The lowest BCUT2D eigenvalue weighted by atomic mass is 10.1. The second-order valence-corrected chi connectivity index (χ2v) is 9.07. The first kappa shape index (κ1) is 19.1. The van der Waals surface area contributed by atoms with Crippen LogP contribution in [0.15, 0.2) is 40.0 Å². The highest BCUT2D eigenvalue weighted by Crippen LogP contribution is 2.38. The fourth-order valence-electron chi connectivity index (χ4n) is 3.35. The maximum Gasteiger partial charge on any atom is 0.278 e. The van der Waals surface area contributed by atoms with Crippen LogP contribution in [0, 0.1) is 13.8 Å². The number of thioether (sulfide) groups is 1. The minimum atomic E-state index is -0.392. The molecular formula is C20H22N4O2S2. The Kier molecular flexibility index (Phi) is 5.77. The summed E-state index contributed by atoms with van der Waals surface area (Å²) in [6.07, 6.45) is 3.31. The molecule has 1 atom stereocenters. The molecule has 1 aliphatic rings. The van der Waals surface area contributed by atoms with E-state index in [2.05, 4.69) is 15.2 Å². The number of amides is 1. The number of rotatable bonds is 5. The summed E-state index contributed by atoms with van der Waals surface area (Å²) >= 11 is 2.86. The number of carbonyl (C=O) groups excluding carboxylic acids is 1. The van der Waals surface area contributed by atoms with Gasteiger partial charge in [0.2, 0.25) is 5.91 Å². The van der Waals surface area contributed by atoms with E-state index >= 15 is 0 Å². The molecule has 28 heavy (non-hydrogen) atoms. The summed E-state index contributed by atoms with van der Waals surface area (Å²) in [7, 11) is 0. The lowest BCUT2D eigenvalue weighted by Crippen LogP contribution is -2.38. The van der Waals surface area contributed by atoms with Crippen molar-refractivity contribution in [2.24, 2.45) is 0 Å². The molecule has 0 saturated carbocycles. The molecular weight excluding hydrogens is 392 g/mol. The third kappa shape index (κ3) is 4.12. The predicted octanol–water partition coefficient (Wildman–Crippen LogP) is 4.66. The number of carbonyl (C=O) groups is 1. The molecule has 0 bridgehead atoms. The minimum Gasteiger partial charge on any atom is -0.410 e. The molecule has 146 valence electrons. The maximum atomic E-state index is 13.2. The average molecular weight is 415 g/mol. The van der Waals surface area contributed by atoms with Gasteiger partial charge in [0.15, 0.2) is 0 Å². The summed E-state index contributed by atoms with van der Waals surface area (Å²) in [4.78, 5) is 20.5. The molecule has 1 saturated heterocycles. The number of hydrogen-bond acceptors (Lipinski definition) is 7. The van der Waals surface area contributed by atoms with Crippen molar-refractivity contribution in [3.05, 3.63) is 46.6 Å². The molecule has 0 aliphatic carbocycles. The molecule has 1 aliphatic heterocycles. The van der Waals surface area contributed by atoms with Gasteiger partial charge in [-0.2, -0.15) is 0 Å². The number of piperidine rings is 1. The van der Waals surface area contributed by atoms with Crippen molar-refractivity contribution in [2.75, 3.05) is 13.1 Å². The van der Waals surface area contributed by atoms with E-state index in [1.807, 2.05) is 49.1 Å².